The molecule has 0 atom stereocenters. The van der Waals surface area contributed by atoms with Gasteiger partial charge in [0, 0.05) is 24.4 Å². The molecule has 0 bridgehead atoms. The summed E-state index contributed by atoms with van der Waals surface area (Å²) in [6, 6.07) is 9.92. The molecule has 2 aromatic carbocycles. The normalized spacial score (nSPS) is 13.7. The zero-order chi connectivity index (χ0) is 27.1. The lowest BCUT2D eigenvalue weighted by atomic mass is 10.2. The van der Waals surface area contributed by atoms with Crippen LogP contribution in [0.4, 0.5) is 33.2 Å². The van der Waals surface area contributed by atoms with E-state index in [1.54, 1.807) is 36.4 Å². The van der Waals surface area contributed by atoms with Gasteiger partial charge in [-0.15, -0.1) is 0 Å². The van der Waals surface area contributed by atoms with Crippen LogP contribution in [0.1, 0.15) is 12.8 Å². The van der Waals surface area contributed by atoms with Gasteiger partial charge in [0.1, 0.15) is 6.61 Å². The Morgan fingerprint density at radius 1 is 1.03 bits per heavy atom. The second kappa shape index (κ2) is 12.1. The fourth-order valence-electron chi connectivity index (χ4n) is 4.05. The third-order valence-corrected chi connectivity index (χ3v) is 6.38. The molecule has 1 fully saturated rings. The van der Waals surface area contributed by atoms with Crippen LogP contribution in [-0.4, -0.2) is 70.0 Å². The van der Waals surface area contributed by atoms with Gasteiger partial charge in [-0.25, -0.2) is 17.8 Å². The number of aromatic nitrogens is 2. The maximum absolute atomic E-state index is 14.6. The van der Waals surface area contributed by atoms with E-state index in [2.05, 4.69) is 30.2 Å². The number of ether oxygens (including phenoxy) is 3. The Kier molecular flexibility index (Phi) is 8.69. The highest BCUT2D eigenvalue weighted by molar-refractivity contribution is 7.92. The number of halogens is 1. The molecule has 0 amide bonds. The molecule has 1 aliphatic heterocycles. The van der Waals surface area contributed by atoms with Crippen molar-refractivity contribution in [2.45, 2.75) is 12.8 Å². The number of nitrogens with one attached hydrogen (secondary N) is 3. The highest BCUT2D eigenvalue weighted by Gasteiger charge is 2.17. The van der Waals surface area contributed by atoms with E-state index in [4.69, 9.17) is 14.2 Å². The molecule has 1 saturated heterocycles. The molecule has 204 valence electrons. The Morgan fingerprint density at radius 3 is 2.42 bits per heavy atom. The van der Waals surface area contributed by atoms with Crippen molar-refractivity contribution in [2.24, 2.45) is 0 Å². The SMILES string of the molecule is COc1cc(Nc2ncc(F)c(Nc3ccccc3NS(C)(=O)=O)n2)cc(OCCN2CCCC2)c1OC. The Morgan fingerprint density at radius 2 is 1.74 bits per heavy atom. The van der Waals surface area contributed by atoms with Crippen LogP contribution in [0.15, 0.2) is 42.6 Å². The van der Waals surface area contributed by atoms with Gasteiger partial charge in [0.15, 0.2) is 23.1 Å². The molecule has 0 unspecified atom stereocenters. The summed E-state index contributed by atoms with van der Waals surface area (Å²) >= 11 is 0. The third kappa shape index (κ3) is 7.13. The molecule has 4 rings (SSSR count). The van der Waals surface area contributed by atoms with E-state index in [-0.39, 0.29) is 17.5 Å². The van der Waals surface area contributed by atoms with Crippen LogP contribution in [0.2, 0.25) is 0 Å². The summed E-state index contributed by atoms with van der Waals surface area (Å²) in [4.78, 5) is 10.6. The maximum Gasteiger partial charge on any atom is 0.229 e. The van der Waals surface area contributed by atoms with Gasteiger partial charge >= 0.3 is 0 Å². The number of hydrogen-bond donors (Lipinski definition) is 3. The molecule has 38 heavy (non-hydrogen) atoms. The van der Waals surface area contributed by atoms with Gasteiger partial charge in [-0.05, 0) is 38.1 Å². The predicted octanol–water partition coefficient (Wildman–Crippen LogP) is 3.97. The molecule has 13 heteroatoms. The molecule has 1 aliphatic rings. The van der Waals surface area contributed by atoms with Crippen LogP contribution in [0.25, 0.3) is 0 Å². The van der Waals surface area contributed by atoms with E-state index in [0.717, 1.165) is 32.1 Å². The highest BCUT2D eigenvalue weighted by atomic mass is 32.2. The minimum atomic E-state index is -3.54. The first-order valence-corrected chi connectivity index (χ1v) is 13.9. The monoisotopic (exact) mass is 546 g/mol. The molecular formula is C25H31FN6O5S. The number of rotatable bonds is 12. The molecule has 11 nitrogen and oxygen atoms in total. The standard InChI is InChI=1S/C25H31FN6O5S/c1-35-21-14-17(15-22(23(21)36-2)37-13-12-32-10-6-7-11-32)28-25-27-16-18(26)24(30-25)29-19-8-4-5-9-20(19)31-38(3,33)34/h4-5,8-9,14-16,31H,6-7,10-13H2,1-3H3,(H2,27,28,29,30). The Bertz CT molecular complexity index is 1370. The first-order chi connectivity index (χ1) is 18.3. The molecule has 0 aliphatic carbocycles. The van der Waals surface area contributed by atoms with Crippen LogP contribution in [-0.2, 0) is 10.0 Å². The summed E-state index contributed by atoms with van der Waals surface area (Å²) < 4.78 is 57.4. The van der Waals surface area contributed by atoms with Crippen LogP contribution < -0.4 is 29.6 Å². The number of nitrogens with zero attached hydrogens (tertiary/aromatic N) is 3. The first-order valence-electron chi connectivity index (χ1n) is 12.0. The molecule has 1 aromatic heterocycles. The fraction of sp³-hybridized carbons (Fsp3) is 0.360. The van der Waals surface area contributed by atoms with Crippen LogP contribution in [0.3, 0.4) is 0 Å². The lowest BCUT2D eigenvalue weighted by molar-refractivity contribution is 0.228. The van der Waals surface area contributed by atoms with Crippen molar-refractivity contribution in [1.82, 2.24) is 14.9 Å². The van der Waals surface area contributed by atoms with Crippen molar-refractivity contribution < 1.29 is 27.0 Å². The summed E-state index contributed by atoms with van der Waals surface area (Å²) in [6.07, 6.45) is 4.44. The van der Waals surface area contributed by atoms with Gasteiger partial charge < -0.3 is 24.8 Å². The highest BCUT2D eigenvalue weighted by Crippen LogP contribution is 2.41. The summed E-state index contributed by atoms with van der Waals surface area (Å²) in [7, 11) is -0.485. The van der Waals surface area contributed by atoms with Gasteiger partial charge in [0.05, 0.1) is 38.0 Å². The maximum atomic E-state index is 14.6. The number of benzene rings is 2. The topological polar surface area (TPSA) is 127 Å². The predicted molar refractivity (Wildman–Crippen MR) is 144 cm³/mol. The Labute approximate surface area is 221 Å². The van der Waals surface area contributed by atoms with Crippen molar-refractivity contribution in [3.05, 3.63) is 48.4 Å². The second-order valence-corrected chi connectivity index (χ2v) is 10.4. The van der Waals surface area contributed by atoms with Crippen LogP contribution in [0.5, 0.6) is 17.2 Å². The van der Waals surface area contributed by atoms with E-state index in [1.807, 2.05) is 0 Å². The molecule has 0 radical (unpaired) electrons. The zero-order valence-corrected chi connectivity index (χ0v) is 22.3. The van der Waals surface area contributed by atoms with Gasteiger partial charge in [-0.3, -0.25) is 9.62 Å². The zero-order valence-electron chi connectivity index (χ0n) is 21.5. The number of para-hydroxylation sites is 2. The van der Waals surface area contributed by atoms with Gasteiger partial charge in [-0.1, -0.05) is 12.1 Å². The van der Waals surface area contributed by atoms with Crippen LogP contribution in [0, 0.1) is 5.82 Å². The van der Waals surface area contributed by atoms with Gasteiger partial charge in [0.2, 0.25) is 21.7 Å². The van der Waals surface area contributed by atoms with Crippen molar-refractivity contribution >= 4 is 38.9 Å². The number of sulfonamides is 1. The summed E-state index contributed by atoms with van der Waals surface area (Å²) in [5, 5.41) is 5.87. The quantitative estimate of drug-likeness (QED) is 0.307. The van der Waals surface area contributed by atoms with Gasteiger partial charge in [0.25, 0.3) is 0 Å². The molecular weight excluding hydrogens is 515 g/mol. The average Bonchev–Trinajstić information content (AvgIpc) is 3.39. The second-order valence-electron chi connectivity index (χ2n) is 8.67. The molecule has 3 aromatic rings. The fourth-order valence-corrected chi connectivity index (χ4v) is 4.63. The average molecular weight is 547 g/mol. The Hall–Kier alpha value is -3.84. The number of hydrogen-bond acceptors (Lipinski definition) is 10. The minimum Gasteiger partial charge on any atom is -0.493 e. The summed E-state index contributed by atoms with van der Waals surface area (Å²) in [6.45, 7) is 3.41. The third-order valence-electron chi connectivity index (χ3n) is 5.78. The number of anilines is 5. The van der Waals surface area contributed by atoms with E-state index in [1.165, 1.54) is 27.1 Å². The van der Waals surface area contributed by atoms with Gasteiger partial charge in [-0.2, -0.15) is 4.98 Å². The Balaban J connectivity index is 1.55. The number of methoxy groups -OCH3 is 2. The van der Waals surface area contributed by atoms with E-state index in [9.17, 15) is 12.8 Å². The largest absolute Gasteiger partial charge is 0.493 e. The lowest BCUT2D eigenvalue weighted by Gasteiger charge is -2.18. The van der Waals surface area contributed by atoms with Crippen molar-refractivity contribution in [1.29, 1.82) is 0 Å². The van der Waals surface area contributed by atoms with Crippen LogP contribution >= 0.6 is 0 Å². The van der Waals surface area contributed by atoms with E-state index in [0.29, 0.717) is 35.2 Å². The lowest BCUT2D eigenvalue weighted by Crippen LogP contribution is -2.25. The smallest absolute Gasteiger partial charge is 0.229 e. The molecule has 0 saturated carbocycles. The molecule has 2 heterocycles. The summed E-state index contributed by atoms with van der Waals surface area (Å²) in [5.74, 6) is 0.606. The van der Waals surface area contributed by atoms with Crippen molar-refractivity contribution in [3.8, 4) is 17.2 Å². The van der Waals surface area contributed by atoms with E-state index < -0.39 is 15.8 Å². The van der Waals surface area contributed by atoms with Crippen molar-refractivity contribution in [2.75, 3.05) is 62.1 Å². The summed E-state index contributed by atoms with van der Waals surface area (Å²) in [5.41, 5.74) is 1.11. The van der Waals surface area contributed by atoms with Crippen molar-refractivity contribution in [3.63, 3.8) is 0 Å². The van der Waals surface area contributed by atoms with E-state index >= 15 is 0 Å². The minimum absolute atomic E-state index is 0.0951. The first kappa shape index (κ1) is 27.2. The molecule has 0 spiro atoms. The molecule has 3 N–H and O–H groups in total. The number of likely N-dealkylation sites (tertiary alicyclic amines) is 1.